The number of fused-ring (bicyclic) bond motifs is 1. The number of carbonyl (C=O) groups excluding carboxylic acids is 2. The van der Waals surface area contributed by atoms with E-state index in [4.69, 9.17) is 0 Å². The van der Waals surface area contributed by atoms with Crippen LogP contribution in [0.25, 0.3) is 10.9 Å². The molecule has 38 heavy (non-hydrogen) atoms. The van der Waals surface area contributed by atoms with Gasteiger partial charge in [0.25, 0.3) is 0 Å². The van der Waals surface area contributed by atoms with E-state index in [1.54, 1.807) is 4.90 Å². The van der Waals surface area contributed by atoms with Gasteiger partial charge >= 0.3 is 0 Å². The highest BCUT2D eigenvalue weighted by Gasteiger charge is 2.21. The van der Waals surface area contributed by atoms with Gasteiger partial charge < -0.3 is 19.7 Å². The second kappa shape index (κ2) is 13.0. The minimum absolute atomic E-state index is 0.00111. The Morgan fingerprint density at radius 3 is 2.13 bits per heavy atom. The molecule has 6 nitrogen and oxygen atoms in total. The van der Waals surface area contributed by atoms with Crippen LogP contribution in [0.3, 0.4) is 0 Å². The van der Waals surface area contributed by atoms with Crippen LogP contribution in [0.2, 0.25) is 0 Å². The van der Waals surface area contributed by atoms with E-state index in [1.807, 2.05) is 62.4 Å². The summed E-state index contributed by atoms with van der Waals surface area (Å²) in [7, 11) is 4.03. The Morgan fingerprint density at radius 1 is 0.737 bits per heavy atom. The van der Waals surface area contributed by atoms with Crippen molar-refractivity contribution in [1.82, 2.24) is 14.8 Å². The highest BCUT2D eigenvalue weighted by Crippen LogP contribution is 2.20. The third-order valence-electron chi connectivity index (χ3n) is 7.00. The Bertz CT molecular complexity index is 1330. The summed E-state index contributed by atoms with van der Waals surface area (Å²) >= 11 is 0. The van der Waals surface area contributed by atoms with Gasteiger partial charge in [0.05, 0.1) is 6.54 Å². The van der Waals surface area contributed by atoms with Gasteiger partial charge in [0.15, 0.2) is 0 Å². The summed E-state index contributed by atoms with van der Waals surface area (Å²) in [6, 6.07) is 26.6. The van der Waals surface area contributed by atoms with E-state index in [1.165, 1.54) is 10.9 Å². The van der Waals surface area contributed by atoms with Crippen LogP contribution < -0.4 is 4.90 Å². The summed E-state index contributed by atoms with van der Waals surface area (Å²) in [5, 5.41) is 1.18. The van der Waals surface area contributed by atoms with Crippen LogP contribution in [0.1, 0.15) is 30.0 Å². The molecule has 0 fully saturated rings. The lowest BCUT2D eigenvalue weighted by Gasteiger charge is -2.28. The molecular formula is C32H38N4O2. The molecule has 0 aliphatic heterocycles. The normalized spacial score (nSPS) is 10.9. The number of carbonyl (C=O) groups is 2. The Labute approximate surface area is 225 Å². The predicted molar refractivity (Wildman–Crippen MR) is 155 cm³/mol. The van der Waals surface area contributed by atoms with Crippen molar-refractivity contribution < 1.29 is 9.59 Å². The zero-order valence-electron chi connectivity index (χ0n) is 22.7. The average Bonchev–Trinajstić information content (AvgIpc) is 3.36. The van der Waals surface area contributed by atoms with Crippen LogP contribution >= 0.6 is 0 Å². The fraction of sp³-hybridized carbons (Fsp3) is 0.312. The summed E-state index contributed by atoms with van der Waals surface area (Å²) in [5.74, 6) is -0.0300. The van der Waals surface area contributed by atoms with Crippen molar-refractivity contribution in [2.24, 2.45) is 0 Å². The molecule has 3 aromatic carbocycles. The highest BCUT2D eigenvalue weighted by atomic mass is 16.2. The standard InChI is InChI=1S/C32H38N4O2/c1-4-31(37)36(20-18-25-10-6-5-7-11-25)24-32(38)35(23-26-14-16-28(17-15-26)34(2)3)21-19-27-22-33-30-13-9-8-12-29(27)30/h5-17,22,33H,4,18-21,23-24H2,1-3H3. The molecule has 1 N–H and O–H groups in total. The Hall–Kier alpha value is -4.06. The number of hydrogen-bond acceptors (Lipinski definition) is 3. The molecule has 0 saturated carbocycles. The van der Waals surface area contributed by atoms with E-state index < -0.39 is 0 Å². The molecule has 1 heterocycles. The number of aromatic nitrogens is 1. The number of H-pyrrole nitrogens is 1. The SMILES string of the molecule is CCC(=O)N(CCc1ccccc1)CC(=O)N(CCc1c[nH]c2ccccc12)Cc1ccc(N(C)C)cc1. The van der Waals surface area contributed by atoms with E-state index in [9.17, 15) is 9.59 Å². The van der Waals surface area contributed by atoms with Crippen molar-refractivity contribution in [3.8, 4) is 0 Å². The first-order valence-corrected chi connectivity index (χ1v) is 13.4. The first kappa shape index (κ1) is 27.0. The second-order valence-corrected chi connectivity index (χ2v) is 9.89. The predicted octanol–water partition coefficient (Wildman–Crippen LogP) is 5.29. The largest absolute Gasteiger partial charge is 0.378 e. The monoisotopic (exact) mass is 510 g/mol. The van der Waals surface area contributed by atoms with Crippen LogP contribution in [-0.4, -0.2) is 60.3 Å². The molecule has 4 rings (SSSR count). The summed E-state index contributed by atoms with van der Waals surface area (Å²) < 4.78 is 0. The molecule has 0 atom stereocenters. The van der Waals surface area contributed by atoms with Crippen molar-refractivity contribution in [2.75, 3.05) is 38.6 Å². The van der Waals surface area contributed by atoms with Crippen LogP contribution in [-0.2, 0) is 29.0 Å². The molecule has 6 heteroatoms. The topological polar surface area (TPSA) is 59.7 Å². The van der Waals surface area contributed by atoms with Gasteiger partial charge in [0.2, 0.25) is 11.8 Å². The molecular weight excluding hydrogens is 472 g/mol. The molecule has 2 amide bonds. The number of aromatic amines is 1. The second-order valence-electron chi connectivity index (χ2n) is 9.89. The summed E-state index contributed by atoms with van der Waals surface area (Å²) in [6.07, 6.45) is 3.87. The van der Waals surface area contributed by atoms with Crippen molar-refractivity contribution in [1.29, 1.82) is 0 Å². The van der Waals surface area contributed by atoms with Crippen molar-refractivity contribution in [3.05, 3.63) is 102 Å². The minimum Gasteiger partial charge on any atom is -0.378 e. The van der Waals surface area contributed by atoms with E-state index in [0.717, 1.165) is 35.2 Å². The number of hydrogen-bond donors (Lipinski definition) is 1. The molecule has 0 saturated heterocycles. The number of benzene rings is 3. The maximum absolute atomic E-state index is 13.7. The average molecular weight is 511 g/mol. The van der Waals surface area contributed by atoms with Gasteiger partial charge in [-0.05, 0) is 47.7 Å². The van der Waals surface area contributed by atoms with Gasteiger partial charge in [-0.15, -0.1) is 0 Å². The molecule has 1 aromatic heterocycles. The number of anilines is 1. The third-order valence-corrected chi connectivity index (χ3v) is 7.00. The quantitative estimate of drug-likeness (QED) is 0.282. The van der Waals surface area contributed by atoms with Gasteiger partial charge in [-0.3, -0.25) is 9.59 Å². The van der Waals surface area contributed by atoms with Crippen LogP contribution in [0, 0.1) is 0 Å². The summed E-state index contributed by atoms with van der Waals surface area (Å²) in [4.78, 5) is 35.5. The van der Waals surface area contributed by atoms with Crippen LogP contribution in [0.15, 0.2) is 85.1 Å². The molecule has 0 aliphatic rings. The maximum Gasteiger partial charge on any atom is 0.242 e. The zero-order valence-corrected chi connectivity index (χ0v) is 22.7. The zero-order chi connectivity index (χ0) is 26.9. The molecule has 0 unspecified atom stereocenters. The van der Waals surface area contributed by atoms with E-state index in [-0.39, 0.29) is 18.4 Å². The third kappa shape index (κ3) is 7.03. The first-order chi connectivity index (χ1) is 18.4. The van der Waals surface area contributed by atoms with Gasteiger partial charge in [0.1, 0.15) is 0 Å². The maximum atomic E-state index is 13.7. The lowest BCUT2D eigenvalue weighted by atomic mass is 10.1. The molecule has 0 spiro atoms. The van der Waals surface area contributed by atoms with E-state index in [0.29, 0.717) is 26.1 Å². The van der Waals surface area contributed by atoms with Gasteiger partial charge in [-0.2, -0.15) is 0 Å². The molecule has 0 bridgehead atoms. The fourth-order valence-corrected chi connectivity index (χ4v) is 4.69. The molecule has 198 valence electrons. The molecule has 4 aromatic rings. The van der Waals surface area contributed by atoms with Gasteiger partial charge in [0, 0.05) is 62.9 Å². The summed E-state index contributed by atoms with van der Waals surface area (Å²) in [5.41, 5.74) is 5.63. The molecule has 0 aliphatic carbocycles. The first-order valence-electron chi connectivity index (χ1n) is 13.4. The number of para-hydroxylation sites is 1. The van der Waals surface area contributed by atoms with Gasteiger partial charge in [-0.25, -0.2) is 0 Å². The fourth-order valence-electron chi connectivity index (χ4n) is 4.69. The Morgan fingerprint density at radius 2 is 1.42 bits per heavy atom. The van der Waals surface area contributed by atoms with Crippen molar-refractivity contribution >= 4 is 28.4 Å². The van der Waals surface area contributed by atoms with Crippen molar-refractivity contribution in [2.45, 2.75) is 32.7 Å². The number of nitrogens with one attached hydrogen (secondary N) is 1. The Kier molecular flexibility index (Phi) is 9.20. The van der Waals surface area contributed by atoms with Crippen LogP contribution in [0.4, 0.5) is 5.69 Å². The Balaban J connectivity index is 1.50. The van der Waals surface area contributed by atoms with Crippen LogP contribution in [0.5, 0.6) is 0 Å². The van der Waals surface area contributed by atoms with Crippen molar-refractivity contribution in [3.63, 3.8) is 0 Å². The highest BCUT2D eigenvalue weighted by molar-refractivity contribution is 5.85. The lowest BCUT2D eigenvalue weighted by molar-refractivity contribution is -0.140. The minimum atomic E-state index is -0.0311. The number of nitrogens with zero attached hydrogens (tertiary/aromatic N) is 3. The number of amides is 2. The molecule has 0 radical (unpaired) electrons. The van der Waals surface area contributed by atoms with E-state index in [2.05, 4.69) is 58.4 Å². The lowest BCUT2D eigenvalue weighted by Crippen LogP contribution is -2.44. The smallest absolute Gasteiger partial charge is 0.242 e. The van der Waals surface area contributed by atoms with Gasteiger partial charge in [-0.1, -0.05) is 67.6 Å². The summed E-state index contributed by atoms with van der Waals surface area (Å²) in [6.45, 7) is 3.54. The number of rotatable bonds is 12. The van der Waals surface area contributed by atoms with E-state index >= 15 is 0 Å².